The van der Waals surface area contributed by atoms with Crippen molar-refractivity contribution in [3.63, 3.8) is 0 Å². The fraction of sp³-hybridized carbons (Fsp3) is 0.0714. The summed E-state index contributed by atoms with van der Waals surface area (Å²) in [6.07, 6.45) is 8.54. The standard InChI is InChI=1S/C15H13FN2O3.C13H9FN2O3/c1-2-18-14(20)12(13(19)17-15(18)21)8-4-6-10-5-3-7-11(16)9-10;14-9-5-1-3-8(7-9)4-2-6-10-11(17)15-13(19)16-12(10)18/h3-9H,2H2,1H3,(H,17,19,21);1-7H,(H2,15,16,17,18,19)/b6-4+,12-8+;4-2+. The first-order chi connectivity index (χ1) is 19.1. The zero-order valence-electron chi connectivity index (χ0n) is 20.9. The Hall–Kier alpha value is -5.52. The summed E-state index contributed by atoms with van der Waals surface area (Å²) in [6, 6.07) is 10.1. The van der Waals surface area contributed by atoms with E-state index >= 15 is 0 Å². The third-order valence-electron chi connectivity index (χ3n) is 5.25. The van der Waals surface area contributed by atoms with Crippen molar-refractivity contribution in [3.05, 3.63) is 107 Å². The normalized spacial score (nSPS) is 16.6. The van der Waals surface area contributed by atoms with Crippen LogP contribution in [0.2, 0.25) is 0 Å². The fourth-order valence-electron chi connectivity index (χ4n) is 3.36. The summed E-state index contributed by atoms with van der Waals surface area (Å²) in [6.45, 7) is 1.80. The number of amides is 8. The highest BCUT2D eigenvalue weighted by Gasteiger charge is 2.34. The molecule has 2 heterocycles. The molecule has 2 aromatic carbocycles. The van der Waals surface area contributed by atoms with Crippen LogP contribution in [0.5, 0.6) is 0 Å². The number of imide groups is 4. The van der Waals surface area contributed by atoms with E-state index in [-0.39, 0.29) is 29.3 Å². The smallest absolute Gasteiger partial charge is 0.273 e. The molecule has 2 aromatic rings. The quantitative estimate of drug-likeness (QED) is 0.388. The SMILES string of the molecule is CCN1C(=O)NC(=O)/C(=C\C=C\c2cccc(F)c2)C1=O.O=C1NC(=O)C(=C/C=C/c2cccc(F)c2)C(=O)N1. The van der Waals surface area contributed by atoms with Gasteiger partial charge in [-0.1, -0.05) is 48.6 Å². The Kier molecular flexibility index (Phi) is 9.68. The van der Waals surface area contributed by atoms with Gasteiger partial charge in [-0.3, -0.25) is 40.0 Å². The topological polar surface area (TPSA) is 142 Å². The van der Waals surface area contributed by atoms with Gasteiger partial charge in [-0.2, -0.15) is 0 Å². The summed E-state index contributed by atoms with van der Waals surface area (Å²) in [5.74, 6) is -3.67. The summed E-state index contributed by atoms with van der Waals surface area (Å²) in [5.41, 5.74) is 0.861. The first kappa shape index (κ1) is 29.0. The molecule has 12 heteroatoms. The van der Waals surface area contributed by atoms with E-state index in [0.29, 0.717) is 11.1 Å². The minimum Gasteiger partial charge on any atom is -0.273 e. The van der Waals surface area contributed by atoms with Crippen molar-refractivity contribution >= 4 is 47.8 Å². The summed E-state index contributed by atoms with van der Waals surface area (Å²) >= 11 is 0. The van der Waals surface area contributed by atoms with Gasteiger partial charge in [-0.25, -0.2) is 18.4 Å². The van der Waals surface area contributed by atoms with Crippen molar-refractivity contribution < 1.29 is 37.5 Å². The summed E-state index contributed by atoms with van der Waals surface area (Å²) in [5, 5.41) is 5.97. The number of rotatable bonds is 5. The van der Waals surface area contributed by atoms with Crippen LogP contribution in [0.4, 0.5) is 18.4 Å². The van der Waals surface area contributed by atoms with Crippen molar-refractivity contribution in [1.82, 2.24) is 20.9 Å². The van der Waals surface area contributed by atoms with Gasteiger partial charge in [0.05, 0.1) is 0 Å². The second-order valence-corrected chi connectivity index (χ2v) is 8.03. The Morgan fingerprint density at radius 2 is 1.18 bits per heavy atom. The average Bonchev–Trinajstić information content (AvgIpc) is 2.88. The summed E-state index contributed by atoms with van der Waals surface area (Å²) in [7, 11) is 0. The number of likely N-dealkylation sites (N-methyl/N-ethyl adjacent to an activating group) is 1. The van der Waals surface area contributed by atoms with E-state index in [1.165, 1.54) is 54.6 Å². The molecule has 10 nitrogen and oxygen atoms in total. The van der Waals surface area contributed by atoms with E-state index < -0.39 is 35.7 Å². The van der Waals surface area contributed by atoms with Crippen LogP contribution in [-0.2, 0) is 19.2 Å². The number of barbiturate groups is 2. The predicted molar refractivity (Wildman–Crippen MR) is 140 cm³/mol. The van der Waals surface area contributed by atoms with Crippen molar-refractivity contribution in [2.24, 2.45) is 0 Å². The van der Waals surface area contributed by atoms with Gasteiger partial charge in [0.2, 0.25) is 0 Å². The molecule has 0 atom stereocenters. The molecule has 2 aliphatic rings. The maximum atomic E-state index is 13.0. The molecule has 2 aliphatic heterocycles. The molecule has 8 amide bonds. The van der Waals surface area contributed by atoms with Gasteiger partial charge < -0.3 is 0 Å². The zero-order chi connectivity index (χ0) is 29.2. The number of hydrogen-bond donors (Lipinski definition) is 3. The van der Waals surface area contributed by atoms with Crippen LogP contribution in [0.25, 0.3) is 12.2 Å². The van der Waals surface area contributed by atoms with Gasteiger partial charge in [-0.15, -0.1) is 0 Å². The van der Waals surface area contributed by atoms with Crippen LogP contribution in [0.3, 0.4) is 0 Å². The molecular weight excluding hydrogens is 526 g/mol. The first-order valence-corrected chi connectivity index (χ1v) is 11.7. The second-order valence-electron chi connectivity index (χ2n) is 8.03. The monoisotopic (exact) mass is 548 g/mol. The highest BCUT2D eigenvalue weighted by Crippen LogP contribution is 2.11. The molecule has 3 N–H and O–H groups in total. The molecule has 204 valence electrons. The van der Waals surface area contributed by atoms with Gasteiger partial charge in [0.1, 0.15) is 22.8 Å². The Labute approximate surface area is 226 Å². The lowest BCUT2D eigenvalue weighted by molar-refractivity contribution is -0.130. The van der Waals surface area contributed by atoms with Gasteiger partial charge in [-0.05, 0) is 54.5 Å². The van der Waals surface area contributed by atoms with Gasteiger partial charge in [0.15, 0.2) is 0 Å². The molecule has 0 unspecified atom stereocenters. The van der Waals surface area contributed by atoms with Crippen LogP contribution < -0.4 is 16.0 Å². The number of benzene rings is 2. The lowest BCUT2D eigenvalue weighted by Crippen LogP contribution is -2.53. The highest BCUT2D eigenvalue weighted by molar-refractivity contribution is 6.29. The molecular formula is C28H22F2N4O6. The molecule has 40 heavy (non-hydrogen) atoms. The third kappa shape index (κ3) is 7.74. The zero-order valence-corrected chi connectivity index (χ0v) is 20.9. The first-order valence-electron chi connectivity index (χ1n) is 11.7. The number of carbonyl (C=O) groups excluding carboxylic acids is 6. The minimum atomic E-state index is -0.846. The van der Waals surface area contributed by atoms with E-state index in [1.807, 2.05) is 10.6 Å². The molecule has 4 rings (SSSR count). The van der Waals surface area contributed by atoms with Crippen LogP contribution in [0.15, 0.2) is 84.0 Å². The second kappa shape index (κ2) is 13.3. The molecule has 0 spiro atoms. The third-order valence-corrected chi connectivity index (χ3v) is 5.25. The maximum Gasteiger partial charge on any atom is 0.331 e. The summed E-state index contributed by atoms with van der Waals surface area (Å²) in [4.78, 5) is 69.5. The van der Waals surface area contributed by atoms with E-state index in [1.54, 1.807) is 37.3 Å². The van der Waals surface area contributed by atoms with E-state index in [4.69, 9.17) is 0 Å². The molecule has 0 aromatic heterocycles. The van der Waals surface area contributed by atoms with E-state index in [9.17, 15) is 37.5 Å². The average molecular weight is 549 g/mol. The number of urea groups is 2. The molecule has 0 saturated carbocycles. The number of nitrogens with zero attached hydrogens (tertiary/aromatic N) is 1. The van der Waals surface area contributed by atoms with Crippen LogP contribution in [-0.4, -0.2) is 47.1 Å². The highest BCUT2D eigenvalue weighted by atomic mass is 19.1. The Balaban J connectivity index is 0.000000222. The van der Waals surface area contributed by atoms with Crippen molar-refractivity contribution in [2.75, 3.05) is 6.54 Å². The van der Waals surface area contributed by atoms with Crippen LogP contribution in [0, 0.1) is 11.6 Å². The largest absolute Gasteiger partial charge is 0.331 e. The lowest BCUT2D eigenvalue weighted by Gasteiger charge is -2.24. The van der Waals surface area contributed by atoms with Gasteiger partial charge in [0.25, 0.3) is 23.6 Å². The van der Waals surface area contributed by atoms with Crippen LogP contribution in [0.1, 0.15) is 18.1 Å². The van der Waals surface area contributed by atoms with Crippen LogP contribution >= 0.6 is 0 Å². The molecule has 0 radical (unpaired) electrons. The Bertz CT molecular complexity index is 1490. The Morgan fingerprint density at radius 3 is 1.65 bits per heavy atom. The van der Waals surface area contributed by atoms with Crippen molar-refractivity contribution in [1.29, 1.82) is 0 Å². The minimum absolute atomic E-state index is 0.135. The van der Waals surface area contributed by atoms with Gasteiger partial charge >= 0.3 is 12.1 Å². The van der Waals surface area contributed by atoms with Crippen molar-refractivity contribution in [2.45, 2.75) is 6.92 Å². The lowest BCUT2D eigenvalue weighted by atomic mass is 10.1. The predicted octanol–water partition coefficient (Wildman–Crippen LogP) is 2.99. The van der Waals surface area contributed by atoms with Crippen molar-refractivity contribution in [3.8, 4) is 0 Å². The Morgan fingerprint density at radius 1 is 0.700 bits per heavy atom. The molecule has 2 saturated heterocycles. The number of halogens is 2. The molecule has 2 fully saturated rings. The molecule has 0 aliphatic carbocycles. The summed E-state index contributed by atoms with van der Waals surface area (Å²) < 4.78 is 25.9. The number of hydrogen-bond acceptors (Lipinski definition) is 6. The molecule has 0 bridgehead atoms. The number of carbonyl (C=O) groups is 6. The van der Waals surface area contributed by atoms with E-state index in [0.717, 1.165) is 4.90 Å². The maximum absolute atomic E-state index is 13.0. The number of allylic oxidation sites excluding steroid dienone is 4. The number of nitrogens with one attached hydrogen (secondary N) is 3. The van der Waals surface area contributed by atoms with E-state index in [2.05, 4.69) is 5.32 Å². The van der Waals surface area contributed by atoms with Gasteiger partial charge in [0, 0.05) is 6.54 Å². The fourth-order valence-corrected chi connectivity index (χ4v) is 3.36.